The molecule has 1 heterocycles. The third-order valence-electron chi connectivity index (χ3n) is 2.18. The van der Waals surface area contributed by atoms with E-state index in [2.05, 4.69) is 6.92 Å². The number of carbonyl (C=O) groups is 1. The van der Waals surface area contributed by atoms with Gasteiger partial charge in [-0.15, -0.1) is 0 Å². The first-order valence-corrected chi connectivity index (χ1v) is 4.09. The number of hydrogen-bond acceptors (Lipinski definition) is 1. The molecule has 1 aliphatic rings. The fourth-order valence-electron chi connectivity index (χ4n) is 1.64. The predicted octanol–water partition coefficient (Wildman–Crippen LogP) is 1.41. The second kappa shape index (κ2) is 3.59. The highest BCUT2D eigenvalue weighted by atomic mass is 16.1. The molecule has 0 spiro atoms. The van der Waals surface area contributed by atoms with Crippen LogP contribution in [-0.2, 0) is 4.79 Å². The van der Waals surface area contributed by atoms with Gasteiger partial charge in [0.15, 0.2) is 0 Å². The number of likely N-dealkylation sites (tertiary alicyclic amines) is 1. The first-order valence-electron chi connectivity index (χ1n) is 4.09. The van der Waals surface area contributed by atoms with Crippen LogP contribution in [0.4, 0.5) is 0 Å². The largest absolute Gasteiger partial charge is 0.342 e. The molecule has 0 saturated carbocycles. The lowest BCUT2D eigenvalue weighted by molar-refractivity contribution is -0.118. The molecule has 1 fully saturated rings. The lowest BCUT2D eigenvalue weighted by Crippen LogP contribution is -2.27. The Hall–Kier alpha value is -0.530. The summed E-state index contributed by atoms with van der Waals surface area (Å²) in [5, 5.41) is 0. The van der Waals surface area contributed by atoms with E-state index < -0.39 is 0 Å². The van der Waals surface area contributed by atoms with Crippen molar-refractivity contribution in [1.29, 1.82) is 0 Å². The maximum atomic E-state index is 10.4. The van der Waals surface area contributed by atoms with Gasteiger partial charge in [-0.2, -0.15) is 0 Å². The Morgan fingerprint density at radius 2 is 2.50 bits per heavy atom. The van der Waals surface area contributed by atoms with Gasteiger partial charge in [-0.25, -0.2) is 0 Å². The highest BCUT2D eigenvalue weighted by molar-refractivity contribution is 5.48. The summed E-state index contributed by atoms with van der Waals surface area (Å²) in [6, 6.07) is 0.558. The molecule has 0 N–H and O–H groups in total. The molecule has 1 rings (SSSR count). The van der Waals surface area contributed by atoms with Crippen LogP contribution in [0.3, 0.4) is 0 Å². The first kappa shape index (κ1) is 7.58. The molecule has 2 nitrogen and oxygen atoms in total. The molecule has 1 unspecified atom stereocenters. The Bertz CT molecular complexity index is 114. The van der Waals surface area contributed by atoms with Crippen molar-refractivity contribution in [3.8, 4) is 0 Å². The minimum absolute atomic E-state index is 0.558. The highest BCUT2D eigenvalue weighted by Crippen LogP contribution is 2.18. The predicted molar refractivity (Wildman–Crippen MR) is 40.7 cm³/mol. The van der Waals surface area contributed by atoms with Gasteiger partial charge in [0.1, 0.15) is 0 Å². The zero-order valence-corrected chi connectivity index (χ0v) is 6.55. The van der Waals surface area contributed by atoms with Gasteiger partial charge in [-0.05, 0) is 19.3 Å². The average Bonchev–Trinajstić information content (AvgIpc) is 2.36. The van der Waals surface area contributed by atoms with E-state index >= 15 is 0 Å². The Morgan fingerprint density at radius 1 is 1.70 bits per heavy atom. The maximum Gasteiger partial charge on any atom is 0.209 e. The van der Waals surface area contributed by atoms with E-state index in [1.165, 1.54) is 25.7 Å². The van der Waals surface area contributed by atoms with E-state index in [1.807, 2.05) is 4.90 Å². The lowest BCUT2D eigenvalue weighted by Gasteiger charge is -2.18. The monoisotopic (exact) mass is 141 g/mol. The van der Waals surface area contributed by atoms with Crippen molar-refractivity contribution in [2.75, 3.05) is 6.54 Å². The van der Waals surface area contributed by atoms with Crippen LogP contribution in [-0.4, -0.2) is 23.9 Å². The van der Waals surface area contributed by atoms with Crippen LogP contribution in [0, 0.1) is 0 Å². The highest BCUT2D eigenvalue weighted by Gasteiger charge is 2.21. The SMILES string of the molecule is CCCC1CCCN1C=O. The molecule has 58 valence electrons. The van der Waals surface area contributed by atoms with Crippen LogP contribution in [0.1, 0.15) is 32.6 Å². The zero-order chi connectivity index (χ0) is 7.40. The van der Waals surface area contributed by atoms with Crippen molar-refractivity contribution in [1.82, 2.24) is 4.90 Å². The number of rotatable bonds is 3. The number of amides is 1. The normalized spacial score (nSPS) is 25.3. The third kappa shape index (κ3) is 1.49. The van der Waals surface area contributed by atoms with Crippen molar-refractivity contribution >= 4 is 6.41 Å². The minimum Gasteiger partial charge on any atom is -0.342 e. The summed E-state index contributed by atoms with van der Waals surface area (Å²) in [7, 11) is 0. The van der Waals surface area contributed by atoms with E-state index in [0.29, 0.717) is 6.04 Å². The van der Waals surface area contributed by atoms with Crippen LogP contribution in [0.5, 0.6) is 0 Å². The summed E-state index contributed by atoms with van der Waals surface area (Å²) in [5.41, 5.74) is 0. The number of hydrogen-bond donors (Lipinski definition) is 0. The molecule has 1 aliphatic heterocycles. The summed E-state index contributed by atoms with van der Waals surface area (Å²) >= 11 is 0. The average molecular weight is 141 g/mol. The molecule has 10 heavy (non-hydrogen) atoms. The van der Waals surface area contributed by atoms with Gasteiger partial charge >= 0.3 is 0 Å². The van der Waals surface area contributed by atoms with Crippen molar-refractivity contribution in [3.63, 3.8) is 0 Å². The molecular weight excluding hydrogens is 126 g/mol. The summed E-state index contributed by atoms with van der Waals surface area (Å²) in [6.07, 6.45) is 5.77. The van der Waals surface area contributed by atoms with E-state index in [9.17, 15) is 4.79 Å². The third-order valence-corrected chi connectivity index (χ3v) is 2.18. The van der Waals surface area contributed by atoms with Gasteiger partial charge in [0.2, 0.25) is 6.41 Å². The standard InChI is InChI=1S/C8H15NO/c1-2-4-8-5-3-6-9(8)7-10/h7-8H,2-6H2,1H3. The quantitative estimate of drug-likeness (QED) is 0.544. The Morgan fingerprint density at radius 3 is 3.10 bits per heavy atom. The topological polar surface area (TPSA) is 20.3 Å². The molecule has 0 aliphatic carbocycles. The molecule has 0 bridgehead atoms. The van der Waals surface area contributed by atoms with E-state index in [1.54, 1.807) is 0 Å². The Balaban J connectivity index is 2.34. The van der Waals surface area contributed by atoms with Gasteiger partial charge in [0.25, 0.3) is 0 Å². The molecule has 1 amide bonds. The molecule has 0 aromatic rings. The van der Waals surface area contributed by atoms with Crippen LogP contribution in [0.2, 0.25) is 0 Å². The molecule has 0 aromatic heterocycles. The number of carbonyl (C=O) groups excluding carboxylic acids is 1. The Labute approximate surface area is 62.2 Å². The molecule has 1 atom stereocenters. The zero-order valence-electron chi connectivity index (χ0n) is 6.55. The maximum absolute atomic E-state index is 10.4. The van der Waals surface area contributed by atoms with E-state index in [0.717, 1.165) is 13.0 Å². The van der Waals surface area contributed by atoms with Gasteiger partial charge in [0.05, 0.1) is 0 Å². The summed E-state index contributed by atoms with van der Waals surface area (Å²) in [4.78, 5) is 12.4. The smallest absolute Gasteiger partial charge is 0.209 e. The van der Waals surface area contributed by atoms with Crippen LogP contribution >= 0.6 is 0 Å². The van der Waals surface area contributed by atoms with E-state index in [-0.39, 0.29) is 0 Å². The van der Waals surface area contributed by atoms with Crippen molar-refractivity contribution in [2.45, 2.75) is 38.6 Å². The van der Waals surface area contributed by atoms with Crippen molar-refractivity contribution in [3.05, 3.63) is 0 Å². The van der Waals surface area contributed by atoms with Crippen molar-refractivity contribution in [2.24, 2.45) is 0 Å². The van der Waals surface area contributed by atoms with Crippen LogP contribution < -0.4 is 0 Å². The molecular formula is C8H15NO. The lowest BCUT2D eigenvalue weighted by atomic mass is 10.1. The molecule has 1 saturated heterocycles. The second-order valence-corrected chi connectivity index (χ2v) is 2.93. The fourth-order valence-corrected chi connectivity index (χ4v) is 1.64. The summed E-state index contributed by atoms with van der Waals surface area (Å²) in [6.45, 7) is 3.15. The van der Waals surface area contributed by atoms with Gasteiger partial charge in [0, 0.05) is 12.6 Å². The van der Waals surface area contributed by atoms with Gasteiger partial charge < -0.3 is 4.90 Å². The van der Waals surface area contributed by atoms with E-state index in [4.69, 9.17) is 0 Å². The molecule has 0 radical (unpaired) electrons. The summed E-state index contributed by atoms with van der Waals surface area (Å²) in [5.74, 6) is 0. The Kier molecular flexibility index (Phi) is 2.72. The van der Waals surface area contributed by atoms with Crippen LogP contribution in [0.15, 0.2) is 0 Å². The second-order valence-electron chi connectivity index (χ2n) is 2.93. The summed E-state index contributed by atoms with van der Waals surface area (Å²) < 4.78 is 0. The van der Waals surface area contributed by atoms with Gasteiger partial charge in [-0.3, -0.25) is 4.79 Å². The first-order chi connectivity index (χ1) is 4.88. The number of nitrogens with zero attached hydrogens (tertiary/aromatic N) is 1. The minimum atomic E-state index is 0.558. The molecule has 2 heteroatoms. The van der Waals surface area contributed by atoms with Crippen LogP contribution in [0.25, 0.3) is 0 Å². The fraction of sp³-hybridized carbons (Fsp3) is 0.875. The van der Waals surface area contributed by atoms with Crippen molar-refractivity contribution < 1.29 is 4.79 Å². The van der Waals surface area contributed by atoms with Gasteiger partial charge in [-0.1, -0.05) is 13.3 Å². The molecule has 0 aromatic carbocycles.